The summed E-state index contributed by atoms with van der Waals surface area (Å²) >= 11 is 0. The fraction of sp³-hybridized carbons (Fsp3) is 0.111. The first-order valence-corrected chi connectivity index (χ1v) is 12.9. The molecule has 0 saturated heterocycles. The second-order valence-electron chi connectivity index (χ2n) is 8.27. The molecule has 12 heteroatoms. The molecule has 2 N–H and O–H groups in total. The largest absolute Gasteiger partial charge is 0.461 e. The molecule has 8 nitrogen and oxygen atoms in total. The predicted molar refractivity (Wildman–Crippen MR) is 135 cm³/mol. The number of rotatable bonds is 9. The van der Waals surface area contributed by atoms with Gasteiger partial charge in [-0.15, -0.1) is 0 Å². The normalized spacial score (nSPS) is 11.3. The molecule has 1 heterocycles. The smallest absolute Gasteiger partial charge is 0.387 e. The third-order valence-corrected chi connectivity index (χ3v) is 6.88. The SMILES string of the molecule is Cc1oc(-c2ccc(OC(F)F)cc2)cc1C(=O)Nc1ccc(CC(=O)NS(=O)(=O)c2ccccc2F)cc1. The molecule has 0 bridgehead atoms. The highest BCUT2D eigenvalue weighted by Gasteiger charge is 2.21. The van der Waals surface area contributed by atoms with E-state index in [0.29, 0.717) is 28.3 Å². The molecule has 4 aromatic rings. The monoisotopic (exact) mass is 558 g/mol. The third-order valence-electron chi connectivity index (χ3n) is 5.48. The summed E-state index contributed by atoms with van der Waals surface area (Å²) in [6.07, 6.45) is -0.298. The Bertz CT molecular complexity index is 1600. The predicted octanol–water partition coefficient (Wildman–Crippen LogP) is 5.30. The van der Waals surface area contributed by atoms with Gasteiger partial charge in [-0.3, -0.25) is 9.59 Å². The van der Waals surface area contributed by atoms with Crippen molar-refractivity contribution in [1.82, 2.24) is 4.72 Å². The van der Waals surface area contributed by atoms with Crippen molar-refractivity contribution in [3.63, 3.8) is 0 Å². The van der Waals surface area contributed by atoms with Crippen LogP contribution in [0.1, 0.15) is 21.7 Å². The number of halogens is 3. The number of hydrogen-bond donors (Lipinski definition) is 2. The zero-order valence-corrected chi connectivity index (χ0v) is 21.1. The molecular formula is C27H21F3N2O6S. The summed E-state index contributed by atoms with van der Waals surface area (Å²) < 4.78 is 74.8. The summed E-state index contributed by atoms with van der Waals surface area (Å²) in [5.41, 5.74) is 1.66. The number of carbonyl (C=O) groups excluding carboxylic acids is 2. The van der Waals surface area contributed by atoms with Crippen molar-refractivity contribution in [3.05, 3.63) is 102 Å². The Morgan fingerprint density at radius 1 is 0.974 bits per heavy atom. The first-order chi connectivity index (χ1) is 18.5. The Morgan fingerprint density at radius 3 is 2.28 bits per heavy atom. The minimum absolute atomic E-state index is 0.0114. The molecule has 0 aliphatic rings. The number of ether oxygens (including phenoxy) is 1. The lowest BCUT2D eigenvalue weighted by atomic mass is 10.1. The lowest BCUT2D eigenvalue weighted by Crippen LogP contribution is -2.32. The highest BCUT2D eigenvalue weighted by Crippen LogP contribution is 2.28. The number of furan rings is 1. The van der Waals surface area contributed by atoms with Crippen LogP contribution in [0.15, 0.2) is 88.2 Å². The van der Waals surface area contributed by atoms with E-state index in [4.69, 9.17) is 4.42 Å². The molecule has 0 radical (unpaired) electrons. The molecule has 4 rings (SSSR count). The van der Waals surface area contributed by atoms with Gasteiger partial charge in [0.2, 0.25) is 5.91 Å². The van der Waals surface area contributed by atoms with Gasteiger partial charge in [-0.1, -0.05) is 24.3 Å². The van der Waals surface area contributed by atoms with Gasteiger partial charge in [-0.05, 0) is 67.1 Å². The molecule has 0 spiro atoms. The fourth-order valence-corrected chi connectivity index (χ4v) is 4.71. The van der Waals surface area contributed by atoms with Crippen LogP contribution in [0.4, 0.5) is 18.9 Å². The first kappa shape index (κ1) is 27.5. The number of anilines is 1. The Morgan fingerprint density at radius 2 is 1.64 bits per heavy atom. The van der Waals surface area contributed by atoms with Gasteiger partial charge in [0.15, 0.2) is 0 Å². The summed E-state index contributed by atoms with van der Waals surface area (Å²) in [5.74, 6) is -1.63. The van der Waals surface area contributed by atoms with Crippen LogP contribution in [0.3, 0.4) is 0 Å². The van der Waals surface area contributed by atoms with Gasteiger partial charge in [0, 0.05) is 11.3 Å². The summed E-state index contributed by atoms with van der Waals surface area (Å²) in [4.78, 5) is 24.4. The number of alkyl halides is 2. The van der Waals surface area contributed by atoms with E-state index in [-0.39, 0.29) is 17.7 Å². The van der Waals surface area contributed by atoms with Crippen LogP contribution in [0.2, 0.25) is 0 Å². The van der Waals surface area contributed by atoms with E-state index in [0.717, 1.165) is 12.1 Å². The summed E-state index contributed by atoms with van der Waals surface area (Å²) in [5, 5.41) is 2.70. The van der Waals surface area contributed by atoms with E-state index in [1.54, 1.807) is 6.92 Å². The highest BCUT2D eigenvalue weighted by molar-refractivity contribution is 7.90. The zero-order chi connectivity index (χ0) is 28.2. The van der Waals surface area contributed by atoms with Crippen molar-refractivity contribution in [1.29, 1.82) is 0 Å². The van der Waals surface area contributed by atoms with Gasteiger partial charge in [0.05, 0.1) is 12.0 Å². The molecule has 1 aromatic heterocycles. The topological polar surface area (TPSA) is 115 Å². The molecule has 3 aromatic carbocycles. The van der Waals surface area contributed by atoms with Crippen molar-refractivity contribution < 1.29 is 40.3 Å². The molecule has 0 aliphatic carbocycles. The van der Waals surface area contributed by atoms with Crippen LogP contribution < -0.4 is 14.8 Å². The second-order valence-corrected chi connectivity index (χ2v) is 9.92. The second kappa shape index (κ2) is 11.4. The lowest BCUT2D eigenvalue weighted by molar-refractivity contribution is -0.118. The number of nitrogens with one attached hydrogen (secondary N) is 2. The summed E-state index contributed by atoms with van der Waals surface area (Å²) in [7, 11) is -4.37. The van der Waals surface area contributed by atoms with Crippen molar-refractivity contribution in [3.8, 4) is 17.1 Å². The lowest BCUT2D eigenvalue weighted by Gasteiger charge is -2.09. The number of aryl methyl sites for hydroxylation is 1. The van der Waals surface area contributed by atoms with Gasteiger partial charge in [-0.2, -0.15) is 8.78 Å². The maximum absolute atomic E-state index is 13.8. The summed E-state index contributed by atoms with van der Waals surface area (Å²) in [6.45, 7) is -1.34. The zero-order valence-electron chi connectivity index (χ0n) is 20.3. The Labute approximate surface area is 221 Å². The van der Waals surface area contributed by atoms with Crippen LogP contribution in [0.5, 0.6) is 5.75 Å². The molecule has 202 valence electrons. The molecule has 0 saturated carbocycles. The van der Waals surface area contributed by atoms with Crippen LogP contribution >= 0.6 is 0 Å². The Kier molecular flexibility index (Phi) is 8.05. The maximum Gasteiger partial charge on any atom is 0.387 e. The van der Waals surface area contributed by atoms with E-state index in [1.807, 2.05) is 4.72 Å². The minimum atomic E-state index is -4.37. The van der Waals surface area contributed by atoms with Crippen molar-refractivity contribution in [2.24, 2.45) is 0 Å². The van der Waals surface area contributed by atoms with Gasteiger partial charge in [0.1, 0.15) is 28.0 Å². The molecule has 0 aliphatic heterocycles. The number of sulfonamides is 1. The number of benzene rings is 3. The quantitative estimate of drug-likeness (QED) is 0.288. The van der Waals surface area contributed by atoms with E-state index in [1.165, 1.54) is 66.7 Å². The van der Waals surface area contributed by atoms with Gasteiger partial charge in [0.25, 0.3) is 15.9 Å². The number of amides is 2. The Balaban J connectivity index is 1.37. The molecule has 39 heavy (non-hydrogen) atoms. The van der Waals surface area contributed by atoms with E-state index >= 15 is 0 Å². The minimum Gasteiger partial charge on any atom is -0.461 e. The average molecular weight is 559 g/mol. The Hall–Kier alpha value is -4.58. The highest BCUT2D eigenvalue weighted by atomic mass is 32.2. The van der Waals surface area contributed by atoms with Crippen molar-refractivity contribution in [2.45, 2.75) is 24.9 Å². The number of hydrogen-bond acceptors (Lipinski definition) is 6. The van der Waals surface area contributed by atoms with E-state index in [9.17, 15) is 31.2 Å². The molecule has 0 unspecified atom stereocenters. The van der Waals surface area contributed by atoms with Crippen LogP contribution in [-0.2, 0) is 21.2 Å². The van der Waals surface area contributed by atoms with Crippen LogP contribution in [0, 0.1) is 12.7 Å². The average Bonchev–Trinajstić information content (AvgIpc) is 3.27. The number of carbonyl (C=O) groups is 2. The third kappa shape index (κ3) is 6.85. The molecule has 2 amide bonds. The van der Waals surface area contributed by atoms with Crippen LogP contribution in [0.25, 0.3) is 11.3 Å². The van der Waals surface area contributed by atoms with Gasteiger partial charge >= 0.3 is 6.61 Å². The van der Waals surface area contributed by atoms with Crippen LogP contribution in [-0.4, -0.2) is 26.8 Å². The molecule has 0 atom stereocenters. The standard InChI is InChI=1S/C27H21F3N2O6S/c1-16-21(15-23(37-16)18-8-12-20(13-9-18)38-27(29)30)26(34)31-19-10-6-17(7-11-19)14-25(33)32-39(35,36)24-5-3-2-4-22(24)28/h2-13,15,27H,14H2,1H3,(H,31,34)(H,32,33). The first-order valence-electron chi connectivity index (χ1n) is 11.4. The summed E-state index contributed by atoms with van der Waals surface area (Å²) in [6, 6.07) is 18.1. The van der Waals surface area contributed by atoms with Gasteiger partial charge in [-0.25, -0.2) is 17.5 Å². The maximum atomic E-state index is 13.8. The molecular weight excluding hydrogens is 537 g/mol. The van der Waals surface area contributed by atoms with Crippen molar-refractivity contribution >= 4 is 27.5 Å². The van der Waals surface area contributed by atoms with Crippen molar-refractivity contribution in [2.75, 3.05) is 5.32 Å². The fourth-order valence-electron chi connectivity index (χ4n) is 3.64. The molecule has 0 fully saturated rings. The van der Waals surface area contributed by atoms with E-state index < -0.39 is 39.2 Å². The van der Waals surface area contributed by atoms with Gasteiger partial charge < -0.3 is 14.5 Å². The van der Waals surface area contributed by atoms with E-state index in [2.05, 4.69) is 10.1 Å².